The van der Waals surface area contributed by atoms with E-state index in [1.54, 1.807) is 13.0 Å². The molecule has 1 aromatic rings. The predicted molar refractivity (Wildman–Crippen MR) is 87.9 cm³/mol. The summed E-state index contributed by atoms with van der Waals surface area (Å²) < 4.78 is 38.1. The van der Waals surface area contributed by atoms with Crippen LogP contribution in [0.2, 0.25) is 0 Å². The smallest absolute Gasteiger partial charge is 0.355 e. The second kappa shape index (κ2) is 9.78. The number of carbonyl (C=O) groups excluding carboxylic acids is 1. The molecule has 0 saturated heterocycles. The van der Waals surface area contributed by atoms with E-state index in [1.807, 2.05) is 13.8 Å². The lowest BCUT2D eigenvalue weighted by Gasteiger charge is -2.16. The molecular formula is C16H24ClF3N2O. The minimum atomic E-state index is -4.36. The molecule has 3 nitrogen and oxygen atoms in total. The molecule has 0 aliphatic carbocycles. The second-order valence-electron chi connectivity index (χ2n) is 5.49. The summed E-state index contributed by atoms with van der Waals surface area (Å²) in [6, 6.07) is 5.31. The number of halogens is 4. The third kappa shape index (κ3) is 7.70. The molecule has 23 heavy (non-hydrogen) atoms. The number of benzene rings is 1. The minimum Gasteiger partial charge on any atom is -0.355 e. The Morgan fingerprint density at radius 3 is 2.48 bits per heavy atom. The highest BCUT2D eigenvalue weighted by molar-refractivity contribution is 5.85. The molecule has 1 aromatic carbocycles. The molecule has 0 radical (unpaired) electrons. The largest absolute Gasteiger partial charge is 0.416 e. The summed E-state index contributed by atoms with van der Waals surface area (Å²) in [7, 11) is 0. The van der Waals surface area contributed by atoms with Gasteiger partial charge in [-0.15, -0.1) is 12.4 Å². The summed E-state index contributed by atoms with van der Waals surface area (Å²) in [5.74, 6) is -0.425. The monoisotopic (exact) mass is 352 g/mol. The second-order valence-corrected chi connectivity index (χ2v) is 5.49. The Labute approximate surface area is 141 Å². The maximum absolute atomic E-state index is 12.7. The standard InChI is InChI=1S/C16H23F3N2O.ClH/c1-4-20-12(3)10-21-15(22)8-11(2)13-6-5-7-14(9-13)16(17,18)19;/h5-7,9,11-12,20H,4,8,10H2,1-3H3,(H,21,22);1H/t11?,12-;/m1./s1. The number of rotatable bonds is 7. The van der Waals surface area contributed by atoms with Crippen LogP contribution in [0.15, 0.2) is 24.3 Å². The Balaban J connectivity index is 0.00000484. The van der Waals surface area contributed by atoms with Gasteiger partial charge >= 0.3 is 6.18 Å². The first-order valence-electron chi connectivity index (χ1n) is 7.41. The topological polar surface area (TPSA) is 41.1 Å². The lowest BCUT2D eigenvalue weighted by Crippen LogP contribution is -2.39. The lowest BCUT2D eigenvalue weighted by atomic mass is 9.95. The van der Waals surface area contributed by atoms with Gasteiger partial charge in [0.25, 0.3) is 0 Å². The van der Waals surface area contributed by atoms with Crippen molar-refractivity contribution >= 4 is 18.3 Å². The van der Waals surface area contributed by atoms with Gasteiger partial charge in [-0.3, -0.25) is 4.79 Å². The highest BCUT2D eigenvalue weighted by Crippen LogP contribution is 2.31. The quantitative estimate of drug-likeness (QED) is 0.785. The highest BCUT2D eigenvalue weighted by Gasteiger charge is 2.30. The van der Waals surface area contributed by atoms with Crippen LogP contribution in [0.1, 0.15) is 44.2 Å². The molecule has 1 amide bonds. The maximum atomic E-state index is 12.7. The summed E-state index contributed by atoms with van der Waals surface area (Å²) in [6.45, 7) is 7.01. The molecule has 0 saturated carbocycles. The molecule has 0 aliphatic heterocycles. The van der Waals surface area contributed by atoms with Gasteiger partial charge in [0.05, 0.1) is 5.56 Å². The number of nitrogens with one attached hydrogen (secondary N) is 2. The molecule has 7 heteroatoms. The fourth-order valence-corrected chi connectivity index (χ4v) is 2.18. The highest BCUT2D eigenvalue weighted by atomic mass is 35.5. The SMILES string of the molecule is CCN[C@H](C)CNC(=O)CC(C)c1cccc(C(F)(F)F)c1.Cl. The van der Waals surface area contributed by atoms with E-state index in [-0.39, 0.29) is 36.7 Å². The Morgan fingerprint density at radius 2 is 1.91 bits per heavy atom. The zero-order valence-electron chi connectivity index (χ0n) is 13.5. The van der Waals surface area contributed by atoms with Crippen molar-refractivity contribution in [2.24, 2.45) is 0 Å². The number of likely N-dealkylation sites (N-methyl/N-ethyl adjacent to an activating group) is 1. The maximum Gasteiger partial charge on any atom is 0.416 e. The lowest BCUT2D eigenvalue weighted by molar-refractivity contribution is -0.137. The number of alkyl halides is 3. The van der Waals surface area contributed by atoms with Gasteiger partial charge in [-0.25, -0.2) is 0 Å². The summed E-state index contributed by atoms with van der Waals surface area (Å²) in [4.78, 5) is 11.9. The van der Waals surface area contributed by atoms with Crippen molar-refractivity contribution in [1.29, 1.82) is 0 Å². The van der Waals surface area contributed by atoms with Crippen LogP contribution in [0, 0.1) is 0 Å². The van der Waals surface area contributed by atoms with E-state index in [0.717, 1.165) is 18.7 Å². The molecule has 2 N–H and O–H groups in total. The Hall–Kier alpha value is -1.27. The van der Waals surface area contributed by atoms with Gasteiger partial charge in [-0.1, -0.05) is 32.0 Å². The van der Waals surface area contributed by atoms with E-state index in [4.69, 9.17) is 0 Å². The first-order chi connectivity index (χ1) is 10.2. The number of hydrogen-bond donors (Lipinski definition) is 2. The number of carbonyl (C=O) groups is 1. The normalized spacial score (nSPS) is 13.8. The average Bonchev–Trinajstić information content (AvgIpc) is 2.44. The molecule has 0 aliphatic rings. The molecule has 1 rings (SSSR count). The van der Waals surface area contributed by atoms with Crippen molar-refractivity contribution in [3.63, 3.8) is 0 Å². The molecular weight excluding hydrogens is 329 g/mol. The van der Waals surface area contributed by atoms with Crippen LogP contribution < -0.4 is 10.6 Å². The molecule has 1 unspecified atom stereocenters. The van der Waals surface area contributed by atoms with E-state index in [2.05, 4.69) is 10.6 Å². The van der Waals surface area contributed by atoms with Crippen LogP contribution in [-0.2, 0) is 11.0 Å². The Morgan fingerprint density at radius 1 is 1.26 bits per heavy atom. The van der Waals surface area contributed by atoms with E-state index >= 15 is 0 Å². The van der Waals surface area contributed by atoms with Crippen LogP contribution in [-0.4, -0.2) is 25.0 Å². The summed E-state index contributed by atoms with van der Waals surface area (Å²) >= 11 is 0. The van der Waals surface area contributed by atoms with E-state index in [1.165, 1.54) is 6.07 Å². The molecule has 0 heterocycles. The van der Waals surface area contributed by atoms with Crippen LogP contribution in [0.3, 0.4) is 0 Å². The Kier molecular flexibility index (Phi) is 9.24. The minimum absolute atomic E-state index is 0. The van der Waals surface area contributed by atoms with Crippen molar-refractivity contribution in [2.75, 3.05) is 13.1 Å². The van der Waals surface area contributed by atoms with Crippen LogP contribution >= 0.6 is 12.4 Å². The van der Waals surface area contributed by atoms with Crippen molar-refractivity contribution < 1.29 is 18.0 Å². The van der Waals surface area contributed by atoms with Gasteiger partial charge in [0.2, 0.25) is 5.91 Å². The third-order valence-electron chi connectivity index (χ3n) is 3.43. The summed E-state index contributed by atoms with van der Waals surface area (Å²) in [5, 5.41) is 5.96. The average molecular weight is 353 g/mol. The number of hydrogen-bond acceptors (Lipinski definition) is 2. The van der Waals surface area contributed by atoms with Crippen molar-refractivity contribution in [3.05, 3.63) is 35.4 Å². The fourth-order valence-electron chi connectivity index (χ4n) is 2.18. The van der Waals surface area contributed by atoms with Crippen LogP contribution in [0.5, 0.6) is 0 Å². The van der Waals surface area contributed by atoms with E-state index in [0.29, 0.717) is 12.1 Å². The van der Waals surface area contributed by atoms with Gasteiger partial charge < -0.3 is 10.6 Å². The van der Waals surface area contributed by atoms with Crippen molar-refractivity contribution in [1.82, 2.24) is 10.6 Å². The predicted octanol–water partition coefficient (Wildman–Crippen LogP) is 3.74. The van der Waals surface area contributed by atoms with Gasteiger partial charge in [-0.2, -0.15) is 13.2 Å². The van der Waals surface area contributed by atoms with Crippen molar-refractivity contribution in [3.8, 4) is 0 Å². The fraction of sp³-hybridized carbons (Fsp3) is 0.562. The zero-order valence-corrected chi connectivity index (χ0v) is 14.4. The van der Waals surface area contributed by atoms with Crippen LogP contribution in [0.4, 0.5) is 13.2 Å². The zero-order chi connectivity index (χ0) is 16.8. The van der Waals surface area contributed by atoms with Gasteiger partial charge in [0.15, 0.2) is 0 Å². The van der Waals surface area contributed by atoms with Gasteiger partial charge in [0.1, 0.15) is 0 Å². The van der Waals surface area contributed by atoms with Crippen LogP contribution in [0.25, 0.3) is 0 Å². The molecule has 0 spiro atoms. The van der Waals surface area contributed by atoms with E-state index in [9.17, 15) is 18.0 Å². The molecule has 0 aromatic heterocycles. The molecule has 132 valence electrons. The van der Waals surface area contributed by atoms with Gasteiger partial charge in [0, 0.05) is 19.0 Å². The molecule has 0 fully saturated rings. The first-order valence-corrected chi connectivity index (χ1v) is 7.41. The molecule has 2 atom stereocenters. The van der Waals surface area contributed by atoms with Gasteiger partial charge in [-0.05, 0) is 31.0 Å². The Bertz CT molecular complexity index is 494. The van der Waals surface area contributed by atoms with Crippen molar-refractivity contribution in [2.45, 2.75) is 45.3 Å². The first kappa shape index (κ1) is 21.7. The third-order valence-corrected chi connectivity index (χ3v) is 3.43. The summed E-state index contributed by atoms with van der Waals surface area (Å²) in [5.41, 5.74) is -0.164. The van der Waals surface area contributed by atoms with E-state index < -0.39 is 11.7 Å². The number of amides is 1. The molecule has 0 bridgehead atoms. The summed E-state index contributed by atoms with van der Waals surface area (Å²) in [6.07, 6.45) is -4.20.